The molecule has 1 saturated carbocycles. The van der Waals surface area contributed by atoms with Crippen LogP contribution in [0, 0.1) is 5.92 Å². The number of hydrogen-bond donors (Lipinski definition) is 2. The van der Waals surface area contributed by atoms with Gasteiger partial charge < -0.3 is 15.2 Å². The van der Waals surface area contributed by atoms with E-state index in [4.69, 9.17) is 4.74 Å². The van der Waals surface area contributed by atoms with Gasteiger partial charge in [0.1, 0.15) is 11.8 Å². The number of hydrogen-bond acceptors (Lipinski definition) is 4. The number of methoxy groups -OCH3 is 1. The lowest BCUT2D eigenvalue weighted by atomic mass is 9.85. The minimum atomic E-state index is -0.810. The number of rotatable bonds is 6. The number of amides is 1. The Labute approximate surface area is 148 Å². The van der Waals surface area contributed by atoms with Gasteiger partial charge >= 0.3 is 5.97 Å². The van der Waals surface area contributed by atoms with Crippen molar-refractivity contribution in [2.24, 2.45) is 5.92 Å². The highest BCUT2D eigenvalue weighted by Gasteiger charge is 2.45. The Hall–Kier alpha value is -2.08. The normalized spacial score (nSPS) is 26.0. The van der Waals surface area contributed by atoms with Crippen molar-refractivity contribution < 1.29 is 19.4 Å². The van der Waals surface area contributed by atoms with E-state index in [9.17, 15) is 14.7 Å². The van der Waals surface area contributed by atoms with Crippen LogP contribution in [0.15, 0.2) is 24.3 Å². The summed E-state index contributed by atoms with van der Waals surface area (Å²) in [4.78, 5) is 25.9. The van der Waals surface area contributed by atoms with Gasteiger partial charge in [0.25, 0.3) is 0 Å². The summed E-state index contributed by atoms with van der Waals surface area (Å²) in [6, 6.07) is 7.25. The lowest BCUT2D eigenvalue weighted by Gasteiger charge is -2.32. The molecule has 1 aliphatic carbocycles. The smallest absolute Gasteiger partial charge is 0.320 e. The number of nitrogens with zero attached hydrogens (tertiary/aromatic N) is 1. The molecular weight excluding hydrogens is 320 g/mol. The first-order valence-corrected chi connectivity index (χ1v) is 8.96. The van der Waals surface area contributed by atoms with Gasteiger partial charge in [-0.05, 0) is 42.9 Å². The van der Waals surface area contributed by atoms with Crippen LogP contribution >= 0.6 is 0 Å². The molecule has 25 heavy (non-hydrogen) atoms. The molecule has 2 fully saturated rings. The molecule has 3 rings (SSSR count). The molecule has 0 spiro atoms. The summed E-state index contributed by atoms with van der Waals surface area (Å²) in [5.41, 5.74) is 0.958. The summed E-state index contributed by atoms with van der Waals surface area (Å²) in [6.45, 7) is 0.567. The quantitative estimate of drug-likeness (QED) is 0.824. The molecule has 1 aromatic rings. The Kier molecular flexibility index (Phi) is 5.58. The number of carbonyl (C=O) groups is 2. The second-order valence-corrected chi connectivity index (χ2v) is 7.00. The van der Waals surface area contributed by atoms with Crippen LogP contribution in [0.4, 0.5) is 0 Å². The topological polar surface area (TPSA) is 78.9 Å². The molecule has 0 aromatic heterocycles. The van der Waals surface area contributed by atoms with Crippen LogP contribution in [0.2, 0.25) is 0 Å². The fourth-order valence-corrected chi connectivity index (χ4v) is 4.23. The van der Waals surface area contributed by atoms with Gasteiger partial charge in [0.2, 0.25) is 5.91 Å². The van der Waals surface area contributed by atoms with E-state index < -0.39 is 12.0 Å². The fraction of sp³-hybridized carbons (Fsp3) is 0.579. The third-order valence-electron chi connectivity index (χ3n) is 5.46. The van der Waals surface area contributed by atoms with Gasteiger partial charge in [0.15, 0.2) is 0 Å². The molecule has 3 atom stereocenters. The Bertz CT molecular complexity index is 634. The van der Waals surface area contributed by atoms with Gasteiger partial charge in [0, 0.05) is 12.6 Å². The van der Waals surface area contributed by atoms with Crippen molar-refractivity contribution in [1.82, 2.24) is 10.2 Å². The number of benzene rings is 1. The predicted octanol–water partition coefficient (Wildman–Crippen LogP) is 2.03. The minimum absolute atomic E-state index is 0.125. The van der Waals surface area contributed by atoms with E-state index in [1.54, 1.807) is 7.11 Å². The van der Waals surface area contributed by atoms with Gasteiger partial charge in [-0.1, -0.05) is 25.0 Å². The van der Waals surface area contributed by atoms with Crippen molar-refractivity contribution >= 4 is 11.9 Å². The maximum Gasteiger partial charge on any atom is 0.320 e. The molecule has 0 radical (unpaired) electrons. The Morgan fingerprint density at radius 2 is 2.12 bits per heavy atom. The Morgan fingerprint density at radius 1 is 1.32 bits per heavy atom. The highest BCUT2D eigenvalue weighted by molar-refractivity contribution is 5.80. The van der Waals surface area contributed by atoms with Gasteiger partial charge in [-0.3, -0.25) is 14.5 Å². The van der Waals surface area contributed by atoms with Gasteiger partial charge in [-0.25, -0.2) is 0 Å². The molecular formula is C19H26N2O4. The van der Waals surface area contributed by atoms with E-state index in [0.717, 1.165) is 30.6 Å². The van der Waals surface area contributed by atoms with Crippen molar-refractivity contribution in [3.63, 3.8) is 0 Å². The monoisotopic (exact) mass is 346 g/mol. The van der Waals surface area contributed by atoms with Crippen LogP contribution in [0.5, 0.6) is 5.75 Å². The van der Waals surface area contributed by atoms with E-state index in [-0.39, 0.29) is 18.5 Å². The van der Waals surface area contributed by atoms with Crippen LogP contribution in [-0.4, -0.2) is 47.6 Å². The molecule has 6 nitrogen and oxygen atoms in total. The zero-order valence-electron chi connectivity index (χ0n) is 14.6. The third-order valence-corrected chi connectivity index (χ3v) is 5.46. The largest absolute Gasteiger partial charge is 0.497 e. The average molecular weight is 346 g/mol. The number of aliphatic carboxylic acids is 1. The zero-order valence-corrected chi connectivity index (χ0v) is 14.6. The van der Waals surface area contributed by atoms with Crippen molar-refractivity contribution in [3.05, 3.63) is 29.8 Å². The van der Waals surface area contributed by atoms with Crippen LogP contribution in [0.3, 0.4) is 0 Å². The summed E-state index contributed by atoms with van der Waals surface area (Å²) in [7, 11) is 1.61. The van der Waals surface area contributed by atoms with Crippen molar-refractivity contribution in [1.29, 1.82) is 0 Å². The fourth-order valence-electron chi connectivity index (χ4n) is 4.23. The highest BCUT2D eigenvalue weighted by atomic mass is 16.5. The molecule has 1 amide bonds. The lowest BCUT2D eigenvalue weighted by Crippen LogP contribution is -2.47. The van der Waals surface area contributed by atoms with E-state index in [1.807, 2.05) is 29.2 Å². The number of carboxylic acids is 1. The number of ether oxygens (including phenoxy) is 1. The standard InChI is InChI=1S/C19H26N2O4/c1-25-15-7-4-5-13(9-15)11-20-18(22)12-21-16-8-3-2-6-14(16)10-17(21)19(23)24/h4-5,7,9,14,16-17H,2-3,6,8,10-12H2,1H3,(H,20,22)(H,23,24)/t14-,16+,17-/m0/s1. The Balaban J connectivity index is 1.59. The molecule has 6 heteroatoms. The molecule has 1 aliphatic heterocycles. The van der Waals surface area contributed by atoms with Gasteiger partial charge in [-0.2, -0.15) is 0 Å². The van der Waals surface area contributed by atoms with E-state index >= 15 is 0 Å². The molecule has 0 unspecified atom stereocenters. The van der Waals surface area contributed by atoms with Crippen LogP contribution in [0.1, 0.15) is 37.7 Å². The van der Waals surface area contributed by atoms with Crippen molar-refractivity contribution in [3.8, 4) is 5.75 Å². The van der Waals surface area contributed by atoms with Crippen molar-refractivity contribution in [2.45, 2.75) is 50.7 Å². The SMILES string of the molecule is COc1cccc(CNC(=O)CN2[C@@H]3CCCC[C@H]3C[C@H]2C(=O)O)c1. The third kappa shape index (κ3) is 4.12. The summed E-state index contributed by atoms with van der Waals surface area (Å²) in [6.07, 6.45) is 5.04. The highest BCUT2D eigenvalue weighted by Crippen LogP contribution is 2.39. The van der Waals surface area contributed by atoms with Gasteiger partial charge in [-0.15, -0.1) is 0 Å². The maximum absolute atomic E-state index is 12.4. The summed E-state index contributed by atoms with van der Waals surface area (Å²) < 4.78 is 5.18. The first-order valence-electron chi connectivity index (χ1n) is 8.96. The van der Waals surface area contributed by atoms with Crippen LogP contribution < -0.4 is 10.1 Å². The molecule has 136 valence electrons. The van der Waals surface area contributed by atoms with E-state index in [0.29, 0.717) is 18.9 Å². The summed E-state index contributed by atoms with van der Waals surface area (Å²) in [5, 5.41) is 12.4. The zero-order chi connectivity index (χ0) is 17.8. The lowest BCUT2D eigenvalue weighted by molar-refractivity contribution is -0.143. The van der Waals surface area contributed by atoms with Crippen LogP contribution in [-0.2, 0) is 16.1 Å². The molecule has 1 saturated heterocycles. The van der Waals surface area contributed by atoms with E-state index in [2.05, 4.69) is 5.32 Å². The number of carbonyl (C=O) groups excluding carboxylic acids is 1. The number of carboxylic acid groups (broad SMARTS) is 1. The summed E-state index contributed by atoms with van der Waals surface area (Å²) >= 11 is 0. The number of nitrogens with one attached hydrogen (secondary N) is 1. The van der Waals surface area contributed by atoms with Crippen molar-refractivity contribution in [2.75, 3.05) is 13.7 Å². The molecule has 1 aromatic carbocycles. The second-order valence-electron chi connectivity index (χ2n) is 7.00. The number of likely N-dealkylation sites (tertiary alicyclic amines) is 1. The average Bonchev–Trinajstić information content (AvgIpc) is 2.99. The minimum Gasteiger partial charge on any atom is -0.497 e. The molecule has 0 bridgehead atoms. The number of fused-ring (bicyclic) bond motifs is 1. The maximum atomic E-state index is 12.4. The second kappa shape index (κ2) is 7.87. The van der Waals surface area contributed by atoms with Gasteiger partial charge in [0.05, 0.1) is 13.7 Å². The molecule has 2 aliphatic rings. The Morgan fingerprint density at radius 3 is 2.88 bits per heavy atom. The first kappa shape index (κ1) is 17.7. The first-order chi connectivity index (χ1) is 12.1. The predicted molar refractivity (Wildman–Crippen MR) is 93.3 cm³/mol. The molecule has 2 N–H and O–H groups in total. The van der Waals surface area contributed by atoms with Crippen LogP contribution in [0.25, 0.3) is 0 Å². The molecule has 1 heterocycles. The van der Waals surface area contributed by atoms with E-state index in [1.165, 1.54) is 6.42 Å². The summed E-state index contributed by atoms with van der Waals surface area (Å²) in [5.74, 6) is 0.235.